The topological polar surface area (TPSA) is 33.4 Å². The van der Waals surface area contributed by atoms with E-state index in [1.54, 1.807) is 6.26 Å². The van der Waals surface area contributed by atoms with E-state index < -0.39 is 6.10 Å². The fraction of sp³-hybridized carbons (Fsp3) is 0.467. The van der Waals surface area contributed by atoms with E-state index in [2.05, 4.69) is 6.92 Å². The minimum atomic E-state index is -0.393. The van der Waals surface area contributed by atoms with Gasteiger partial charge in [-0.3, -0.25) is 0 Å². The van der Waals surface area contributed by atoms with Crippen molar-refractivity contribution in [1.29, 1.82) is 0 Å². The van der Waals surface area contributed by atoms with Crippen LogP contribution in [0.15, 0.2) is 34.9 Å². The van der Waals surface area contributed by atoms with Gasteiger partial charge in [-0.05, 0) is 12.5 Å². The summed E-state index contributed by atoms with van der Waals surface area (Å²) in [5.41, 5.74) is 1.78. The molecule has 2 heteroatoms. The van der Waals surface area contributed by atoms with Crippen molar-refractivity contribution in [2.75, 3.05) is 0 Å². The average molecular weight is 232 g/mol. The van der Waals surface area contributed by atoms with Gasteiger partial charge in [0.15, 0.2) is 0 Å². The molecule has 0 saturated carbocycles. The smallest absolute Gasteiger partial charge is 0.134 e. The summed E-state index contributed by atoms with van der Waals surface area (Å²) < 4.78 is 5.44. The lowest BCUT2D eigenvalue weighted by atomic mass is 10.0. The van der Waals surface area contributed by atoms with Gasteiger partial charge in [0, 0.05) is 10.9 Å². The molecule has 0 radical (unpaired) electrons. The van der Waals surface area contributed by atoms with Crippen molar-refractivity contribution < 1.29 is 9.52 Å². The Morgan fingerprint density at radius 1 is 1.18 bits per heavy atom. The fourth-order valence-corrected chi connectivity index (χ4v) is 2.18. The summed E-state index contributed by atoms with van der Waals surface area (Å²) in [7, 11) is 0. The third-order valence-electron chi connectivity index (χ3n) is 3.20. The maximum atomic E-state index is 10.1. The molecular weight excluding hydrogens is 212 g/mol. The molecule has 2 aromatic rings. The van der Waals surface area contributed by atoms with Crippen LogP contribution in [0.3, 0.4) is 0 Å². The summed E-state index contributed by atoms with van der Waals surface area (Å²) in [6.45, 7) is 2.19. The van der Waals surface area contributed by atoms with E-state index in [1.807, 2.05) is 24.3 Å². The Labute approximate surface area is 102 Å². The number of aliphatic hydroxyl groups excluding tert-OH is 1. The largest absolute Gasteiger partial charge is 0.464 e. The molecule has 1 heterocycles. The Kier molecular flexibility index (Phi) is 4.21. The van der Waals surface area contributed by atoms with Gasteiger partial charge in [-0.15, -0.1) is 0 Å². The molecule has 1 aromatic heterocycles. The lowest BCUT2D eigenvalue weighted by Gasteiger charge is -2.08. The van der Waals surface area contributed by atoms with Crippen molar-refractivity contribution in [3.05, 3.63) is 36.1 Å². The van der Waals surface area contributed by atoms with Crippen molar-refractivity contribution in [3.63, 3.8) is 0 Å². The number of para-hydroxylation sites is 1. The second-order valence-corrected chi connectivity index (χ2v) is 4.55. The normalized spacial score (nSPS) is 13.1. The van der Waals surface area contributed by atoms with E-state index >= 15 is 0 Å². The predicted molar refractivity (Wildman–Crippen MR) is 69.9 cm³/mol. The monoisotopic (exact) mass is 232 g/mol. The lowest BCUT2D eigenvalue weighted by molar-refractivity contribution is 0.164. The van der Waals surface area contributed by atoms with Crippen LogP contribution in [0.1, 0.15) is 50.7 Å². The van der Waals surface area contributed by atoms with E-state index in [1.165, 1.54) is 19.3 Å². The second-order valence-electron chi connectivity index (χ2n) is 4.55. The highest BCUT2D eigenvalue weighted by Gasteiger charge is 2.13. The predicted octanol–water partition coefficient (Wildman–Crippen LogP) is 4.44. The molecule has 2 rings (SSSR count). The van der Waals surface area contributed by atoms with Crippen LogP contribution < -0.4 is 0 Å². The Balaban J connectivity index is 2.01. The molecule has 0 saturated heterocycles. The molecule has 0 aliphatic carbocycles. The summed E-state index contributed by atoms with van der Waals surface area (Å²) in [4.78, 5) is 0. The van der Waals surface area contributed by atoms with Gasteiger partial charge in [-0.1, -0.05) is 50.8 Å². The number of fused-ring (bicyclic) bond motifs is 1. The van der Waals surface area contributed by atoms with Crippen LogP contribution in [-0.4, -0.2) is 5.11 Å². The van der Waals surface area contributed by atoms with Crippen LogP contribution in [-0.2, 0) is 0 Å². The molecule has 1 aromatic carbocycles. The first-order valence-electron chi connectivity index (χ1n) is 6.47. The zero-order valence-corrected chi connectivity index (χ0v) is 10.4. The van der Waals surface area contributed by atoms with Gasteiger partial charge < -0.3 is 9.52 Å². The number of furan rings is 1. The maximum Gasteiger partial charge on any atom is 0.134 e. The fourth-order valence-electron chi connectivity index (χ4n) is 2.18. The third-order valence-corrected chi connectivity index (χ3v) is 3.20. The molecule has 92 valence electrons. The van der Waals surface area contributed by atoms with Crippen LogP contribution in [0.5, 0.6) is 0 Å². The summed E-state index contributed by atoms with van der Waals surface area (Å²) in [6.07, 6.45) is 6.87. The second kappa shape index (κ2) is 5.87. The van der Waals surface area contributed by atoms with Crippen LogP contribution >= 0.6 is 0 Å². The molecule has 2 nitrogen and oxygen atoms in total. The van der Waals surface area contributed by atoms with Gasteiger partial charge in [0.05, 0.1) is 12.4 Å². The first-order chi connectivity index (χ1) is 8.33. The van der Waals surface area contributed by atoms with Gasteiger partial charge in [0.2, 0.25) is 0 Å². The molecular formula is C15H20O2. The van der Waals surface area contributed by atoms with Gasteiger partial charge in [-0.25, -0.2) is 0 Å². The highest BCUT2D eigenvalue weighted by atomic mass is 16.3. The molecule has 0 bridgehead atoms. The van der Waals surface area contributed by atoms with Crippen LogP contribution in [0.25, 0.3) is 11.0 Å². The first kappa shape index (κ1) is 12.2. The Morgan fingerprint density at radius 3 is 2.82 bits per heavy atom. The summed E-state index contributed by atoms with van der Waals surface area (Å²) >= 11 is 0. The van der Waals surface area contributed by atoms with Crippen molar-refractivity contribution in [2.24, 2.45) is 0 Å². The zero-order chi connectivity index (χ0) is 12.1. The molecule has 0 amide bonds. The highest BCUT2D eigenvalue weighted by Crippen LogP contribution is 2.29. The number of rotatable bonds is 6. The zero-order valence-electron chi connectivity index (χ0n) is 10.4. The number of unbranched alkanes of at least 4 members (excludes halogenated alkanes) is 3. The number of benzene rings is 1. The van der Waals surface area contributed by atoms with E-state index in [0.717, 1.165) is 29.4 Å². The average Bonchev–Trinajstić information content (AvgIpc) is 2.78. The quantitative estimate of drug-likeness (QED) is 0.747. The van der Waals surface area contributed by atoms with Crippen molar-refractivity contribution >= 4 is 11.0 Å². The standard InChI is InChI=1S/C15H20O2/c1-2-3-4-5-9-14(16)13-11-17-15-10-7-6-8-12(13)15/h6-8,10-11,14,16H,2-5,9H2,1H3. The molecule has 1 unspecified atom stereocenters. The summed E-state index contributed by atoms with van der Waals surface area (Å²) in [5.74, 6) is 0. The van der Waals surface area contributed by atoms with Crippen LogP contribution in [0.4, 0.5) is 0 Å². The van der Waals surface area contributed by atoms with Crippen molar-refractivity contribution in [3.8, 4) is 0 Å². The van der Waals surface area contributed by atoms with E-state index in [4.69, 9.17) is 4.42 Å². The van der Waals surface area contributed by atoms with E-state index in [9.17, 15) is 5.11 Å². The SMILES string of the molecule is CCCCCCC(O)c1coc2ccccc12. The molecule has 0 aliphatic rings. The first-order valence-corrected chi connectivity index (χ1v) is 6.47. The molecule has 17 heavy (non-hydrogen) atoms. The molecule has 0 aliphatic heterocycles. The van der Waals surface area contributed by atoms with Gasteiger partial charge >= 0.3 is 0 Å². The van der Waals surface area contributed by atoms with E-state index in [-0.39, 0.29) is 0 Å². The van der Waals surface area contributed by atoms with Crippen molar-refractivity contribution in [2.45, 2.75) is 45.1 Å². The number of hydrogen-bond acceptors (Lipinski definition) is 2. The van der Waals surface area contributed by atoms with Crippen LogP contribution in [0, 0.1) is 0 Å². The van der Waals surface area contributed by atoms with Gasteiger partial charge in [0.1, 0.15) is 5.58 Å². The van der Waals surface area contributed by atoms with E-state index in [0.29, 0.717) is 0 Å². The minimum Gasteiger partial charge on any atom is -0.464 e. The Bertz CT molecular complexity index is 459. The minimum absolute atomic E-state index is 0.393. The number of aliphatic hydroxyl groups is 1. The molecule has 0 spiro atoms. The summed E-state index contributed by atoms with van der Waals surface area (Å²) in [6, 6.07) is 7.86. The summed E-state index contributed by atoms with van der Waals surface area (Å²) in [5, 5.41) is 11.2. The Hall–Kier alpha value is -1.28. The van der Waals surface area contributed by atoms with Crippen molar-refractivity contribution in [1.82, 2.24) is 0 Å². The van der Waals surface area contributed by atoms with Crippen LogP contribution in [0.2, 0.25) is 0 Å². The molecule has 1 atom stereocenters. The number of hydrogen-bond donors (Lipinski definition) is 1. The van der Waals surface area contributed by atoms with Gasteiger partial charge in [-0.2, -0.15) is 0 Å². The lowest BCUT2D eigenvalue weighted by Crippen LogP contribution is -1.96. The third kappa shape index (κ3) is 2.89. The maximum absolute atomic E-state index is 10.1. The van der Waals surface area contributed by atoms with Gasteiger partial charge in [0.25, 0.3) is 0 Å². The molecule has 0 fully saturated rings. The highest BCUT2D eigenvalue weighted by molar-refractivity contribution is 5.81. The Morgan fingerprint density at radius 2 is 2.00 bits per heavy atom. The molecule has 1 N–H and O–H groups in total.